The van der Waals surface area contributed by atoms with Gasteiger partial charge in [0.25, 0.3) is 0 Å². The molecule has 0 aliphatic carbocycles. The molecule has 0 saturated carbocycles. The van der Waals surface area contributed by atoms with Gasteiger partial charge in [-0.2, -0.15) is 0 Å². The van der Waals surface area contributed by atoms with Gasteiger partial charge in [-0.05, 0) is 36.1 Å². The average Bonchev–Trinajstić information content (AvgIpc) is 2.56. The third-order valence-corrected chi connectivity index (χ3v) is 3.64. The van der Waals surface area contributed by atoms with E-state index in [1.54, 1.807) is 14.2 Å². The summed E-state index contributed by atoms with van der Waals surface area (Å²) >= 11 is 0. The number of hydrogen-bond donors (Lipinski definition) is 0. The van der Waals surface area contributed by atoms with Gasteiger partial charge in [-0.1, -0.05) is 55.8 Å². The minimum atomic E-state index is 0.903. The van der Waals surface area contributed by atoms with Crippen molar-refractivity contribution in [3.05, 3.63) is 65.2 Å². The number of rotatable bonds is 7. The summed E-state index contributed by atoms with van der Waals surface area (Å²) in [6, 6.07) is 14.6. The maximum absolute atomic E-state index is 5.53. The fraction of sp³-hybridized carbons (Fsp3) is 0.300. The fourth-order valence-electron chi connectivity index (χ4n) is 2.54. The van der Waals surface area contributed by atoms with E-state index >= 15 is 0 Å². The van der Waals surface area contributed by atoms with Crippen molar-refractivity contribution in [3.8, 4) is 11.5 Å². The summed E-state index contributed by atoms with van der Waals surface area (Å²) in [6.45, 7) is 2.16. The lowest BCUT2D eigenvalue weighted by Gasteiger charge is -2.13. The van der Waals surface area contributed by atoms with E-state index in [-0.39, 0.29) is 0 Å². The van der Waals surface area contributed by atoms with Crippen LogP contribution in [0, 0.1) is 0 Å². The first-order valence-corrected chi connectivity index (χ1v) is 7.73. The van der Waals surface area contributed by atoms with Crippen molar-refractivity contribution in [2.24, 2.45) is 0 Å². The molecular weight excluding hydrogens is 272 g/mol. The molecule has 0 N–H and O–H groups in total. The first kappa shape index (κ1) is 16.2. The maximum atomic E-state index is 5.53. The zero-order chi connectivity index (χ0) is 15.8. The zero-order valence-corrected chi connectivity index (χ0v) is 13.6. The van der Waals surface area contributed by atoms with Crippen molar-refractivity contribution >= 4 is 6.08 Å². The molecule has 0 bridgehead atoms. The standard InChI is InChI=1S/C20H24O2/c1-4-9-18-19(21-2)14-17(15-20(18)22-3)13-8-12-16-10-6-5-7-11-16/h5-8,10-11,13-15H,4,9,12H2,1-3H3. The first-order valence-electron chi connectivity index (χ1n) is 7.73. The molecule has 0 aliphatic rings. The van der Waals surface area contributed by atoms with E-state index in [9.17, 15) is 0 Å². The number of allylic oxidation sites excluding steroid dienone is 1. The number of hydrogen-bond acceptors (Lipinski definition) is 2. The number of benzene rings is 2. The summed E-state index contributed by atoms with van der Waals surface area (Å²) < 4.78 is 11.1. The highest BCUT2D eigenvalue weighted by Crippen LogP contribution is 2.32. The van der Waals surface area contributed by atoms with Gasteiger partial charge in [-0.25, -0.2) is 0 Å². The molecule has 0 aromatic heterocycles. The molecule has 2 rings (SSSR count). The predicted octanol–water partition coefficient (Wildman–Crippen LogP) is 4.91. The Balaban J connectivity index is 2.20. The molecular formula is C20H24O2. The predicted molar refractivity (Wildman–Crippen MR) is 92.7 cm³/mol. The van der Waals surface area contributed by atoms with Crippen LogP contribution >= 0.6 is 0 Å². The van der Waals surface area contributed by atoms with Crippen LogP contribution in [0.1, 0.15) is 30.0 Å². The van der Waals surface area contributed by atoms with E-state index < -0.39 is 0 Å². The van der Waals surface area contributed by atoms with Gasteiger partial charge in [0.15, 0.2) is 0 Å². The van der Waals surface area contributed by atoms with Crippen LogP contribution in [0.2, 0.25) is 0 Å². The van der Waals surface area contributed by atoms with Gasteiger partial charge in [-0.15, -0.1) is 0 Å². The van der Waals surface area contributed by atoms with Crippen LogP contribution in [-0.4, -0.2) is 14.2 Å². The second kappa shape index (κ2) is 8.28. The second-order valence-electron chi connectivity index (χ2n) is 5.25. The minimum absolute atomic E-state index is 0.903. The number of methoxy groups -OCH3 is 2. The summed E-state index contributed by atoms with van der Waals surface area (Å²) in [5.74, 6) is 1.81. The van der Waals surface area contributed by atoms with Crippen LogP contribution < -0.4 is 9.47 Å². The lowest BCUT2D eigenvalue weighted by molar-refractivity contribution is 0.385. The molecule has 116 valence electrons. The SMILES string of the molecule is CCCc1c(OC)cc(C=CCc2ccccc2)cc1OC. The van der Waals surface area contributed by atoms with Crippen LogP contribution in [0.25, 0.3) is 6.08 Å². The molecule has 0 amide bonds. The van der Waals surface area contributed by atoms with E-state index in [1.165, 1.54) is 5.56 Å². The van der Waals surface area contributed by atoms with E-state index in [0.717, 1.165) is 41.9 Å². The Morgan fingerprint density at radius 1 is 0.955 bits per heavy atom. The van der Waals surface area contributed by atoms with Crippen molar-refractivity contribution in [1.82, 2.24) is 0 Å². The quantitative estimate of drug-likeness (QED) is 0.722. The molecule has 0 saturated heterocycles. The van der Waals surface area contributed by atoms with Gasteiger partial charge < -0.3 is 9.47 Å². The van der Waals surface area contributed by atoms with Gasteiger partial charge in [0.05, 0.1) is 14.2 Å². The monoisotopic (exact) mass is 296 g/mol. The molecule has 0 unspecified atom stereocenters. The number of ether oxygens (including phenoxy) is 2. The highest BCUT2D eigenvalue weighted by molar-refractivity contribution is 5.59. The van der Waals surface area contributed by atoms with Crippen molar-refractivity contribution in [1.29, 1.82) is 0 Å². The summed E-state index contributed by atoms with van der Waals surface area (Å²) in [7, 11) is 3.43. The van der Waals surface area contributed by atoms with Crippen LogP contribution in [0.15, 0.2) is 48.5 Å². The summed E-state index contributed by atoms with van der Waals surface area (Å²) in [6.07, 6.45) is 7.23. The molecule has 2 aromatic carbocycles. The third-order valence-electron chi connectivity index (χ3n) is 3.64. The van der Waals surface area contributed by atoms with E-state index in [4.69, 9.17) is 9.47 Å². The van der Waals surface area contributed by atoms with Crippen LogP contribution in [0.4, 0.5) is 0 Å². The largest absolute Gasteiger partial charge is 0.496 e. The molecule has 2 aromatic rings. The van der Waals surface area contributed by atoms with Gasteiger partial charge in [0.1, 0.15) is 11.5 Å². The Morgan fingerprint density at radius 2 is 1.59 bits per heavy atom. The van der Waals surface area contributed by atoms with Crippen LogP contribution in [0.5, 0.6) is 11.5 Å². The molecule has 0 fully saturated rings. The molecule has 22 heavy (non-hydrogen) atoms. The Hall–Kier alpha value is -2.22. The molecule has 2 nitrogen and oxygen atoms in total. The Bertz CT molecular complexity index is 590. The van der Waals surface area contributed by atoms with E-state index in [0.29, 0.717) is 0 Å². The Kier molecular flexibility index (Phi) is 6.08. The lowest BCUT2D eigenvalue weighted by Crippen LogP contribution is -1.97. The molecule has 2 heteroatoms. The van der Waals surface area contributed by atoms with Crippen LogP contribution in [-0.2, 0) is 12.8 Å². The summed E-state index contributed by atoms with van der Waals surface area (Å²) in [5.41, 5.74) is 3.55. The first-order chi connectivity index (χ1) is 10.8. The lowest BCUT2D eigenvalue weighted by atomic mass is 10.0. The van der Waals surface area contributed by atoms with Gasteiger partial charge in [0, 0.05) is 5.56 Å². The normalized spacial score (nSPS) is 10.9. The van der Waals surface area contributed by atoms with Crippen molar-refractivity contribution in [3.63, 3.8) is 0 Å². The highest BCUT2D eigenvalue weighted by atomic mass is 16.5. The Morgan fingerprint density at radius 3 is 2.14 bits per heavy atom. The third kappa shape index (κ3) is 4.14. The summed E-state index contributed by atoms with van der Waals surface area (Å²) in [5, 5.41) is 0. The summed E-state index contributed by atoms with van der Waals surface area (Å²) in [4.78, 5) is 0. The van der Waals surface area contributed by atoms with Crippen LogP contribution in [0.3, 0.4) is 0 Å². The van der Waals surface area contributed by atoms with Gasteiger partial charge in [0.2, 0.25) is 0 Å². The molecule has 0 radical (unpaired) electrons. The topological polar surface area (TPSA) is 18.5 Å². The molecule has 0 heterocycles. The maximum Gasteiger partial charge on any atom is 0.126 e. The van der Waals surface area contributed by atoms with E-state index in [2.05, 4.69) is 55.5 Å². The molecule has 0 atom stereocenters. The minimum Gasteiger partial charge on any atom is -0.496 e. The Labute approximate surface area is 133 Å². The fourth-order valence-corrected chi connectivity index (χ4v) is 2.54. The van der Waals surface area contributed by atoms with Gasteiger partial charge >= 0.3 is 0 Å². The van der Waals surface area contributed by atoms with Crippen molar-refractivity contribution < 1.29 is 9.47 Å². The van der Waals surface area contributed by atoms with Gasteiger partial charge in [-0.3, -0.25) is 0 Å². The molecule has 0 aliphatic heterocycles. The van der Waals surface area contributed by atoms with Crippen molar-refractivity contribution in [2.45, 2.75) is 26.2 Å². The highest BCUT2D eigenvalue weighted by Gasteiger charge is 2.10. The van der Waals surface area contributed by atoms with Crippen molar-refractivity contribution in [2.75, 3.05) is 14.2 Å². The second-order valence-corrected chi connectivity index (χ2v) is 5.25. The zero-order valence-electron chi connectivity index (χ0n) is 13.6. The molecule has 0 spiro atoms. The van der Waals surface area contributed by atoms with E-state index in [1.807, 2.05) is 6.07 Å². The smallest absolute Gasteiger partial charge is 0.126 e. The average molecular weight is 296 g/mol.